The Morgan fingerprint density at radius 2 is 2.00 bits per heavy atom. The van der Waals surface area contributed by atoms with Crippen molar-refractivity contribution in [2.45, 2.75) is 23.4 Å². The number of rotatable bonds is 5. The molecular weight excluding hydrogens is 357 g/mol. The molecule has 0 radical (unpaired) electrons. The number of amides is 1. The molecular formula is C16H17Cl3N3O+. The van der Waals surface area contributed by atoms with E-state index in [4.69, 9.17) is 34.8 Å². The summed E-state index contributed by atoms with van der Waals surface area (Å²) >= 11 is 18.0. The molecule has 0 aliphatic rings. The van der Waals surface area contributed by atoms with Crippen molar-refractivity contribution in [1.29, 1.82) is 0 Å². The molecule has 23 heavy (non-hydrogen) atoms. The molecule has 1 amide bonds. The Kier molecular flexibility index (Phi) is 6.25. The lowest BCUT2D eigenvalue weighted by atomic mass is 10.1. The van der Waals surface area contributed by atoms with Gasteiger partial charge in [-0.1, -0.05) is 59.1 Å². The average molecular weight is 374 g/mol. The molecule has 0 saturated heterocycles. The molecule has 7 heteroatoms. The highest BCUT2D eigenvalue weighted by Gasteiger charge is 2.37. The minimum Gasteiger partial charge on any atom is -0.319 e. The smallest absolute Gasteiger partial charge is 0.262 e. The van der Waals surface area contributed by atoms with E-state index >= 15 is 0 Å². The van der Waals surface area contributed by atoms with Gasteiger partial charge in [-0.25, -0.2) is 0 Å². The molecule has 0 bridgehead atoms. The lowest BCUT2D eigenvalue weighted by molar-refractivity contribution is -0.706. The van der Waals surface area contributed by atoms with Crippen LogP contribution in [0.3, 0.4) is 0 Å². The van der Waals surface area contributed by atoms with Crippen molar-refractivity contribution in [3.8, 4) is 0 Å². The van der Waals surface area contributed by atoms with Crippen LogP contribution in [0.2, 0.25) is 0 Å². The molecule has 1 atom stereocenters. The van der Waals surface area contributed by atoms with Gasteiger partial charge in [-0.2, -0.15) is 0 Å². The number of alkyl halides is 3. The summed E-state index contributed by atoms with van der Waals surface area (Å²) in [4.78, 5) is 16.5. The molecule has 0 aliphatic carbocycles. The number of halogens is 3. The fourth-order valence-electron chi connectivity index (χ4n) is 2.09. The van der Waals surface area contributed by atoms with Gasteiger partial charge in [-0.15, -0.1) is 0 Å². The molecule has 0 spiro atoms. The number of hydrogen-bond acceptors (Lipinski definition) is 2. The lowest BCUT2D eigenvalue weighted by Gasteiger charge is -2.23. The normalized spacial score (nSPS) is 12.7. The summed E-state index contributed by atoms with van der Waals surface area (Å²) in [7, 11) is 0. The number of aromatic nitrogens is 1. The van der Waals surface area contributed by atoms with Crippen LogP contribution in [-0.2, 0) is 6.54 Å². The third-order valence-corrected chi connectivity index (χ3v) is 4.05. The van der Waals surface area contributed by atoms with E-state index in [9.17, 15) is 4.79 Å². The average Bonchev–Trinajstić information content (AvgIpc) is 2.51. The Hall–Kier alpha value is -1.33. The van der Waals surface area contributed by atoms with E-state index in [-0.39, 0.29) is 5.91 Å². The Bertz CT molecular complexity index is 659. The van der Waals surface area contributed by atoms with Crippen LogP contribution >= 0.6 is 34.8 Å². The zero-order chi connectivity index (χ0) is 16.9. The third-order valence-electron chi connectivity index (χ3n) is 3.34. The maximum atomic E-state index is 12.4. The van der Waals surface area contributed by atoms with Crippen molar-refractivity contribution in [3.63, 3.8) is 0 Å². The van der Waals surface area contributed by atoms with Crippen LogP contribution in [0.4, 0.5) is 0 Å². The Morgan fingerprint density at radius 1 is 1.26 bits per heavy atom. The van der Waals surface area contributed by atoms with Crippen molar-refractivity contribution in [2.75, 3.05) is 0 Å². The topological polar surface area (TPSA) is 58.6 Å². The SMILES string of the molecule is Cc1ccccc1C(=O)N[C@@H]([NH2+]Cc1cccnc1)C(Cl)(Cl)Cl. The van der Waals surface area contributed by atoms with Gasteiger partial charge in [0, 0.05) is 23.5 Å². The van der Waals surface area contributed by atoms with E-state index < -0.39 is 9.96 Å². The number of pyridine rings is 1. The number of aryl methyl sites for hydroxylation is 1. The molecule has 1 aromatic heterocycles. The number of nitrogens with two attached hydrogens (primary N) is 1. The van der Waals surface area contributed by atoms with Gasteiger partial charge < -0.3 is 5.32 Å². The van der Waals surface area contributed by atoms with Gasteiger partial charge >= 0.3 is 0 Å². The highest BCUT2D eigenvalue weighted by atomic mass is 35.6. The second kappa shape index (κ2) is 7.97. The maximum absolute atomic E-state index is 12.4. The zero-order valence-corrected chi connectivity index (χ0v) is 14.7. The Balaban J connectivity index is 2.07. The van der Waals surface area contributed by atoms with Gasteiger partial charge in [0.1, 0.15) is 6.54 Å². The summed E-state index contributed by atoms with van der Waals surface area (Å²) in [6.45, 7) is 2.39. The quantitative estimate of drug-likeness (QED) is 0.625. The minimum absolute atomic E-state index is 0.276. The molecule has 4 nitrogen and oxygen atoms in total. The van der Waals surface area contributed by atoms with Gasteiger partial charge in [-0.3, -0.25) is 15.1 Å². The van der Waals surface area contributed by atoms with Crippen LogP contribution in [0.25, 0.3) is 0 Å². The number of carbonyl (C=O) groups is 1. The van der Waals surface area contributed by atoms with Crippen molar-refractivity contribution < 1.29 is 10.1 Å². The van der Waals surface area contributed by atoms with Crippen LogP contribution in [0.1, 0.15) is 21.5 Å². The summed E-state index contributed by atoms with van der Waals surface area (Å²) in [6, 6.07) is 11.0. The zero-order valence-electron chi connectivity index (χ0n) is 12.5. The van der Waals surface area contributed by atoms with Gasteiger partial charge in [-0.05, 0) is 24.6 Å². The van der Waals surface area contributed by atoms with Crippen LogP contribution in [0.15, 0.2) is 48.8 Å². The summed E-state index contributed by atoms with van der Waals surface area (Å²) in [5.41, 5.74) is 2.39. The van der Waals surface area contributed by atoms with Crippen molar-refractivity contribution in [2.24, 2.45) is 0 Å². The number of nitrogens with zero attached hydrogens (tertiary/aromatic N) is 1. The molecule has 2 rings (SSSR count). The highest BCUT2D eigenvalue weighted by Crippen LogP contribution is 2.27. The number of quaternary nitrogens is 1. The molecule has 0 unspecified atom stereocenters. The lowest BCUT2D eigenvalue weighted by Crippen LogP contribution is -2.95. The monoisotopic (exact) mass is 372 g/mol. The maximum Gasteiger partial charge on any atom is 0.262 e. The predicted octanol–water partition coefficient (Wildman–Crippen LogP) is 2.58. The van der Waals surface area contributed by atoms with Crippen LogP contribution in [-0.4, -0.2) is 20.8 Å². The van der Waals surface area contributed by atoms with E-state index in [1.165, 1.54) is 0 Å². The number of hydrogen-bond donors (Lipinski definition) is 2. The van der Waals surface area contributed by atoms with E-state index in [0.717, 1.165) is 11.1 Å². The minimum atomic E-state index is -1.64. The van der Waals surface area contributed by atoms with Crippen LogP contribution < -0.4 is 10.6 Å². The Morgan fingerprint density at radius 3 is 2.61 bits per heavy atom. The van der Waals surface area contributed by atoms with Gasteiger partial charge in [0.15, 0.2) is 0 Å². The van der Waals surface area contributed by atoms with Crippen LogP contribution in [0.5, 0.6) is 0 Å². The van der Waals surface area contributed by atoms with E-state index in [1.54, 1.807) is 29.8 Å². The highest BCUT2D eigenvalue weighted by molar-refractivity contribution is 6.68. The largest absolute Gasteiger partial charge is 0.319 e. The van der Waals surface area contributed by atoms with Gasteiger partial charge in [0.05, 0.1) is 0 Å². The number of nitrogens with one attached hydrogen (secondary N) is 1. The second-order valence-electron chi connectivity index (χ2n) is 5.11. The van der Waals surface area contributed by atoms with Crippen molar-refractivity contribution in [1.82, 2.24) is 10.3 Å². The molecule has 3 N–H and O–H groups in total. The first-order valence-electron chi connectivity index (χ1n) is 7.03. The first kappa shape index (κ1) is 18.0. The van der Waals surface area contributed by atoms with E-state index in [2.05, 4.69) is 10.3 Å². The molecule has 2 aromatic rings. The molecule has 0 fully saturated rings. The number of carbonyl (C=O) groups excluding carboxylic acids is 1. The molecule has 0 aliphatic heterocycles. The fourth-order valence-corrected chi connectivity index (χ4v) is 2.52. The first-order valence-corrected chi connectivity index (χ1v) is 8.17. The van der Waals surface area contributed by atoms with Crippen molar-refractivity contribution in [3.05, 3.63) is 65.5 Å². The second-order valence-corrected chi connectivity index (χ2v) is 7.48. The van der Waals surface area contributed by atoms with Crippen molar-refractivity contribution >= 4 is 40.7 Å². The summed E-state index contributed by atoms with van der Waals surface area (Å²) in [6.07, 6.45) is 2.70. The summed E-state index contributed by atoms with van der Waals surface area (Å²) in [5, 5.41) is 4.54. The molecule has 1 heterocycles. The Labute approximate surface area is 150 Å². The van der Waals surface area contributed by atoms with Gasteiger partial charge in [0.25, 0.3) is 9.70 Å². The van der Waals surface area contributed by atoms with Gasteiger partial charge in [0.2, 0.25) is 6.17 Å². The third kappa shape index (κ3) is 5.36. The standard InChI is InChI=1S/C16H16Cl3N3O/c1-11-5-2-3-7-13(11)14(23)22-15(16(17,18)19)21-10-12-6-4-8-20-9-12/h2-9,15,21H,10H2,1H3,(H,22,23)/p+1/t15-/m1/s1. The predicted molar refractivity (Wildman–Crippen MR) is 92.6 cm³/mol. The number of benzene rings is 1. The van der Waals surface area contributed by atoms with Crippen LogP contribution in [0, 0.1) is 6.92 Å². The molecule has 1 aromatic carbocycles. The summed E-state index contributed by atoms with van der Waals surface area (Å²) in [5.74, 6) is -0.276. The summed E-state index contributed by atoms with van der Waals surface area (Å²) < 4.78 is -1.64. The molecule has 122 valence electrons. The van der Waals surface area contributed by atoms with E-state index in [0.29, 0.717) is 12.1 Å². The first-order chi connectivity index (χ1) is 10.9. The van der Waals surface area contributed by atoms with E-state index in [1.807, 2.05) is 31.2 Å². The molecule has 0 saturated carbocycles. The fraction of sp³-hybridized carbons (Fsp3) is 0.250.